The Hall–Kier alpha value is -0.420. The fourth-order valence-electron chi connectivity index (χ4n) is 0.822. The number of hydrogen-bond acceptors (Lipinski definition) is 3. The topological polar surface area (TPSA) is 80.4 Å². The lowest BCUT2D eigenvalue weighted by Gasteiger charge is -2.18. The molecule has 0 aromatic rings. The average molecular weight is 207 g/mol. The van der Waals surface area contributed by atoms with Gasteiger partial charge in [0, 0.05) is 22.6 Å². The number of carboxylic acids is 1. The van der Waals surface area contributed by atoms with Gasteiger partial charge in [0.2, 0.25) is 0 Å². The quantitative estimate of drug-likeness (QED) is 0.674. The zero-order valence-corrected chi connectivity index (χ0v) is 9.00. The normalized spacial score (nSPS) is 18.2. The first kappa shape index (κ1) is 12.6. The van der Waals surface area contributed by atoms with E-state index in [1.165, 1.54) is 0 Å². The van der Waals surface area contributed by atoms with E-state index in [1.54, 1.807) is 6.92 Å². The van der Waals surface area contributed by atoms with Crippen molar-refractivity contribution in [2.45, 2.75) is 31.3 Å². The van der Waals surface area contributed by atoms with Crippen molar-refractivity contribution >= 4 is 16.8 Å². The maximum Gasteiger partial charge on any atom is 0.320 e. The Balaban J connectivity index is 4.46. The van der Waals surface area contributed by atoms with E-state index >= 15 is 0 Å². The van der Waals surface area contributed by atoms with E-state index in [0.29, 0.717) is 0 Å². The summed E-state index contributed by atoms with van der Waals surface area (Å²) in [6.45, 7) is 5.54. The monoisotopic (exact) mass is 207 g/mol. The van der Waals surface area contributed by atoms with Crippen molar-refractivity contribution in [3.63, 3.8) is 0 Å². The Kier molecular flexibility index (Phi) is 5.17. The van der Waals surface area contributed by atoms with Crippen LogP contribution in [-0.2, 0) is 15.6 Å². The smallest absolute Gasteiger partial charge is 0.320 e. The summed E-state index contributed by atoms with van der Waals surface area (Å²) in [5.74, 6) is -0.873. The summed E-state index contributed by atoms with van der Waals surface area (Å²) < 4.78 is 11.6. The number of carbonyl (C=O) groups is 1. The first-order valence-electron chi connectivity index (χ1n) is 4.24. The molecule has 0 saturated carbocycles. The molecule has 3 unspecified atom stereocenters. The highest BCUT2D eigenvalue weighted by molar-refractivity contribution is 7.87. The molecule has 13 heavy (non-hydrogen) atoms. The van der Waals surface area contributed by atoms with Crippen molar-refractivity contribution in [1.82, 2.24) is 0 Å². The van der Waals surface area contributed by atoms with Gasteiger partial charge in [-0.15, -0.1) is 0 Å². The fraction of sp³-hybridized carbons (Fsp3) is 0.875. The predicted molar refractivity (Wildman–Crippen MR) is 52.9 cm³/mol. The highest BCUT2D eigenvalue weighted by Gasteiger charge is 2.28. The van der Waals surface area contributed by atoms with Gasteiger partial charge in [0.15, 0.2) is 0 Å². The number of hydrogen-bond donors (Lipinski definition) is 2. The number of aliphatic carboxylic acids is 1. The summed E-state index contributed by atoms with van der Waals surface area (Å²) in [7, 11) is -1.39. The Labute approximate surface area is 81.0 Å². The van der Waals surface area contributed by atoms with Gasteiger partial charge in [-0.2, -0.15) is 0 Å². The van der Waals surface area contributed by atoms with Crippen LogP contribution >= 0.6 is 0 Å². The second kappa shape index (κ2) is 5.34. The van der Waals surface area contributed by atoms with Crippen molar-refractivity contribution in [3.05, 3.63) is 0 Å². The second-order valence-electron chi connectivity index (χ2n) is 3.34. The van der Waals surface area contributed by atoms with E-state index in [1.807, 2.05) is 13.8 Å². The van der Waals surface area contributed by atoms with E-state index < -0.39 is 22.0 Å². The standard InChI is InChI=1S/C8H17NO3S/c1-5(2)6(3)13(12)7(4-9)8(10)11/h5-7H,4,9H2,1-3H3,(H,10,11). The lowest BCUT2D eigenvalue weighted by Crippen LogP contribution is -2.39. The highest BCUT2D eigenvalue weighted by atomic mass is 32.2. The van der Waals surface area contributed by atoms with Crippen LogP contribution in [0.4, 0.5) is 0 Å². The van der Waals surface area contributed by atoms with Crippen LogP contribution in [-0.4, -0.2) is 32.3 Å². The summed E-state index contributed by atoms with van der Waals surface area (Å²) in [5.41, 5.74) is 5.24. The molecule has 0 aromatic carbocycles. The van der Waals surface area contributed by atoms with E-state index in [2.05, 4.69) is 0 Å². The summed E-state index contributed by atoms with van der Waals surface area (Å²) in [6.07, 6.45) is 0. The molecule has 78 valence electrons. The largest absolute Gasteiger partial charge is 0.480 e. The van der Waals surface area contributed by atoms with Crippen LogP contribution in [0.1, 0.15) is 20.8 Å². The molecule has 3 atom stereocenters. The van der Waals surface area contributed by atoms with Crippen LogP contribution in [0.25, 0.3) is 0 Å². The number of nitrogens with two attached hydrogens (primary N) is 1. The van der Waals surface area contributed by atoms with Crippen molar-refractivity contribution in [3.8, 4) is 0 Å². The van der Waals surface area contributed by atoms with Crippen molar-refractivity contribution in [2.75, 3.05) is 6.54 Å². The second-order valence-corrected chi connectivity index (χ2v) is 5.31. The lowest BCUT2D eigenvalue weighted by atomic mass is 10.2. The number of rotatable bonds is 5. The molecule has 0 aliphatic heterocycles. The van der Waals surface area contributed by atoms with E-state index in [-0.39, 0.29) is 17.7 Å². The van der Waals surface area contributed by atoms with Crippen molar-refractivity contribution in [1.29, 1.82) is 0 Å². The van der Waals surface area contributed by atoms with E-state index in [0.717, 1.165) is 0 Å². The summed E-state index contributed by atoms with van der Waals surface area (Å²) in [4.78, 5) is 10.6. The molecule has 0 radical (unpaired) electrons. The maximum atomic E-state index is 11.6. The molecule has 0 fully saturated rings. The Morgan fingerprint density at radius 3 is 2.15 bits per heavy atom. The molecule has 0 aliphatic carbocycles. The molecule has 3 N–H and O–H groups in total. The Morgan fingerprint density at radius 2 is 1.92 bits per heavy atom. The Bertz CT molecular complexity index is 206. The molecule has 0 spiro atoms. The minimum absolute atomic E-state index is 0.0704. The molecule has 5 heteroatoms. The van der Waals surface area contributed by atoms with Crippen molar-refractivity contribution < 1.29 is 14.1 Å². The van der Waals surface area contributed by atoms with Gasteiger partial charge in [0.05, 0.1) is 0 Å². The third kappa shape index (κ3) is 3.44. The fourth-order valence-corrected chi connectivity index (χ4v) is 2.27. The third-order valence-electron chi connectivity index (χ3n) is 2.08. The highest BCUT2D eigenvalue weighted by Crippen LogP contribution is 2.12. The van der Waals surface area contributed by atoms with Gasteiger partial charge >= 0.3 is 5.97 Å². The molecule has 0 amide bonds. The molecular weight excluding hydrogens is 190 g/mol. The van der Waals surface area contributed by atoms with Crippen LogP contribution in [0.5, 0.6) is 0 Å². The van der Waals surface area contributed by atoms with Crippen molar-refractivity contribution in [2.24, 2.45) is 11.7 Å². The lowest BCUT2D eigenvalue weighted by molar-refractivity contribution is -0.136. The maximum absolute atomic E-state index is 11.6. The molecule has 0 bridgehead atoms. The molecule has 4 nitrogen and oxygen atoms in total. The van der Waals surface area contributed by atoms with Gasteiger partial charge in [-0.05, 0) is 5.92 Å². The van der Waals surface area contributed by atoms with Crippen LogP contribution in [0.3, 0.4) is 0 Å². The molecule has 0 saturated heterocycles. The van der Waals surface area contributed by atoms with Gasteiger partial charge in [-0.3, -0.25) is 9.00 Å². The SMILES string of the molecule is CC(C)C(C)S(=O)C(CN)C(=O)O. The van der Waals surface area contributed by atoms with Crippen LogP contribution < -0.4 is 5.73 Å². The van der Waals surface area contributed by atoms with Gasteiger partial charge in [0.25, 0.3) is 0 Å². The van der Waals surface area contributed by atoms with Crippen LogP contribution in [0, 0.1) is 5.92 Å². The summed E-state index contributed by atoms with van der Waals surface area (Å²) in [5, 5.41) is 7.63. The van der Waals surface area contributed by atoms with Gasteiger partial charge < -0.3 is 10.8 Å². The minimum atomic E-state index is -1.39. The summed E-state index contributed by atoms with van der Waals surface area (Å²) >= 11 is 0. The first-order valence-corrected chi connectivity index (χ1v) is 5.51. The first-order chi connectivity index (χ1) is 5.91. The molecular formula is C8H17NO3S. The predicted octanol–water partition coefficient (Wildman–Crippen LogP) is 0.192. The Morgan fingerprint density at radius 1 is 1.46 bits per heavy atom. The average Bonchev–Trinajstić information content (AvgIpc) is 2.03. The van der Waals surface area contributed by atoms with Gasteiger partial charge in [0.1, 0.15) is 5.25 Å². The van der Waals surface area contributed by atoms with Gasteiger partial charge in [-0.1, -0.05) is 20.8 Å². The summed E-state index contributed by atoms with van der Waals surface area (Å²) in [6, 6.07) is 0. The molecule has 0 heterocycles. The minimum Gasteiger partial charge on any atom is -0.480 e. The number of carboxylic acid groups (broad SMARTS) is 1. The molecule has 0 aliphatic rings. The zero-order chi connectivity index (χ0) is 10.6. The van der Waals surface area contributed by atoms with E-state index in [4.69, 9.17) is 10.8 Å². The van der Waals surface area contributed by atoms with Gasteiger partial charge in [-0.25, -0.2) is 0 Å². The molecule has 0 aromatic heterocycles. The molecule has 0 rings (SSSR count). The van der Waals surface area contributed by atoms with Crippen LogP contribution in [0.15, 0.2) is 0 Å². The van der Waals surface area contributed by atoms with E-state index in [9.17, 15) is 9.00 Å². The van der Waals surface area contributed by atoms with Crippen LogP contribution in [0.2, 0.25) is 0 Å². The zero-order valence-electron chi connectivity index (χ0n) is 8.19. The third-order valence-corrected chi connectivity index (χ3v) is 4.31.